The van der Waals surface area contributed by atoms with Gasteiger partial charge in [0, 0.05) is 53.9 Å². The van der Waals surface area contributed by atoms with Crippen molar-refractivity contribution < 1.29 is 9.47 Å². The van der Waals surface area contributed by atoms with Crippen LogP contribution >= 0.6 is 51.7 Å². The average Bonchev–Trinajstić information content (AvgIpc) is 3.16. The molecule has 0 saturated carbocycles. The van der Waals surface area contributed by atoms with Crippen LogP contribution in [0.25, 0.3) is 0 Å². The zero-order valence-corrected chi connectivity index (χ0v) is 20.8. The second-order valence-electron chi connectivity index (χ2n) is 6.42. The molecule has 154 valence electrons. The van der Waals surface area contributed by atoms with E-state index in [1.54, 1.807) is 7.05 Å². The van der Waals surface area contributed by atoms with Crippen LogP contribution in [0, 0.1) is 5.92 Å². The van der Waals surface area contributed by atoms with Gasteiger partial charge in [-0.3, -0.25) is 4.99 Å². The molecule has 2 unspecified atom stereocenters. The van der Waals surface area contributed by atoms with Gasteiger partial charge in [0.1, 0.15) is 0 Å². The summed E-state index contributed by atoms with van der Waals surface area (Å²) in [6.45, 7) is 7.26. The Morgan fingerprint density at radius 1 is 1.37 bits per heavy atom. The van der Waals surface area contributed by atoms with Crippen LogP contribution < -0.4 is 10.6 Å². The van der Waals surface area contributed by atoms with E-state index in [4.69, 9.17) is 9.47 Å². The smallest absolute Gasteiger partial charge is 0.191 e. The predicted octanol–water partition coefficient (Wildman–Crippen LogP) is 4.16. The van der Waals surface area contributed by atoms with Gasteiger partial charge in [-0.2, -0.15) is 0 Å². The van der Waals surface area contributed by atoms with E-state index in [-0.39, 0.29) is 24.0 Å². The fourth-order valence-electron chi connectivity index (χ4n) is 2.59. The zero-order chi connectivity index (χ0) is 18.6. The van der Waals surface area contributed by atoms with E-state index < -0.39 is 0 Å². The summed E-state index contributed by atoms with van der Waals surface area (Å²) in [7, 11) is 1.80. The topological polar surface area (TPSA) is 54.9 Å². The van der Waals surface area contributed by atoms with Crippen molar-refractivity contribution >= 4 is 57.6 Å². The van der Waals surface area contributed by atoms with Crippen LogP contribution in [-0.4, -0.2) is 57.8 Å². The second-order valence-corrected chi connectivity index (χ2v) is 8.85. The summed E-state index contributed by atoms with van der Waals surface area (Å²) in [5.74, 6) is 1.43. The number of hydrogen-bond donors (Lipinski definition) is 2. The molecule has 1 aliphatic rings. The van der Waals surface area contributed by atoms with Crippen molar-refractivity contribution in [2.75, 3.05) is 46.6 Å². The number of rotatable bonds is 10. The molecule has 1 fully saturated rings. The normalized spacial score (nSPS) is 18.0. The molecule has 27 heavy (non-hydrogen) atoms. The second kappa shape index (κ2) is 14.9. The largest absolute Gasteiger partial charge is 0.381 e. The standard InChI is InChI=1S/C19H30BrN3O2S.HI/c1-15(26-18-6-4-17(20)5-7-18)12-23-19(21-2)22-9-3-10-24-13-16-8-11-25-14-16;/h4-7,15-16H,3,8-14H2,1-2H3,(H2,21,22,23);1H. The summed E-state index contributed by atoms with van der Waals surface area (Å²) in [5.41, 5.74) is 0. The van der Waals surface area contributed by atoms with Crippen molar-refractivity contribution in [2.45, 2.75) is 29.9 Å². The summed E-state index contributed by atoms with van der Waals surface area (Å²) in [4.78, 5) is 5.55. The van der Waals surface area contributed by atoms with Crippen molar-refractivity contribution in [3.05, 3.63) is 28.7 Å². The van der Waals surface area contributed by atoms with Crippen LogP contribution in [-0.2, 0) is 9.47 Å². The lowest BCUT2D eigenvalue weighted by Crippen LogP contribution is -2.40. The monoisotopic (exact) mass is 571 g/mol. The van der Waals surface area contributed by atoms with Crippen LogP contribution in [0.15, 0.2) is 38.6 Å². The van der Waals surface area contributed by atoms with Gasteiger partial charge in [-0.25, -0.2) is 0 Å². The lowest BCUT2D eigenvalue weighted by atomic mass is 10.1. The highest BCUT2D eigenvalue weighted by atomic mass is 127. The summed E-state index contributed by atoms with van der Waals surface area (Å²) in [5, 5.41) is 7.18. The lowest BCUT2D eigenvalue weighted by Gasteiger charge is -2.16. The molecule has 2 rings (SSSR count). The first-order chi connectivity index (χ1) is 12.7. The Morgan fingerprint density at radius 2 is 2.15 bits per heavy atom. The maximum absolute atomic E-state index is 5.72. The Balaban J connectivity index is 0.00000364. The molecule has 1 aliphatic heterocycles. The highest BCUT2D eigenvalue weighted by Gasteiger charge is 2.15. The molecule has 2 atom stereocenters. The van der Waals surface area contributed by atoms with Gasteiger partial charge in [-0.05, 0) is 37.1 Å². The van der Waals surface area contributed by atoms with Gasteiger partial charge in [0.25, 0.3) is 0 Å². The molecular weight excluding hydrogens is 541 g/mol. The predicted molar refractivity (Wildman–Crippen MR) is 129 cm³/mol. The minimum Gasteiger partial charge on any atom is -0.381 e. The molecule has 0 radical (unpaired) electrons. The molecule has 1 aromatic carbocycles. The van der Waals surface area contributed by atoms with Gasteiger partial charge < -0.3 is 20.1 Å². The minimum absolute atomic E-state index is 0. The van der Waals surface area contributed by atoms with E-state index >= 15 is 0 Å². The number of thioether (sulfide) groups is 1. The quantitative estimate of drug-likeness (QED) is 0.145. The summed E-state index contributed by atoms with van der Waals surface area (Å²) < 4.78 is 12.2. The van der Waals surface area contributed by atoms with Crippen LogP contribution in [0.2, 0.25) is 0 Å². The first kappa shape index (κ1) is 25.0. The Hall–Kier alpha value is -0.0300. The van der Waals surface area contributed by atoms with E-state index in [9.17, 15) is 0 Å². The highest BCUT2D eigenvalue weighted by molar-refractivity contribution is 14.0. The maximum Gasteiger partial charge on any atom is 0.191 e. The zero-order valence-electron chi connectivity index (χ0n) is 16.1. The number of halogens is 2. The molecule has 0 spiro atoms. The number of nitrogens with one attached hydrogen (secondary N) is 2. The van der Waals surface area contributed by atoms with Gasteiger partial charge in [0.05, 0.1) is 13.2 Å². The molecule has 2 N–H and O–H groups in total. The third-order valence-electron chi connectivity index (χ3n) is 4.07. The van der Waals surface area contributed by atoms with E-state index in [2.05, 4.69) is 62.7 Å². The van der Waals surface area contributed by atoms with Crippen molar-refractivity contribution in [3.63, 3.8) is 0 Å². The summed E-state index contributed by atoms with van der Waals surface area (Å²) in [6.07, 6.45) is 2.10. The Bertz CT molecular complexity index is 542. The number of aliphatic imine (C=N–C) groups is 1. The number of hydrogen-bond acceptors (Lipinski definition) is 4. The molecule has 0 bridgehead atoms. The molecule has 8 heteroatoms. The third kappa shape index (κ3) is 10.9. The van der Waals surface area contributed by atoms with Crippen LogP contribution in [0.1, 0.15) is 19.8 Å². The van der Waals surface area contributed by atoms with E-state index in [1.165, 1.54) is 4.90 Å². The molecule has 0 aromatic heterocycles. The molecule has 0 amide bonds. The van der Waals surface area contributed by atoms with Gasteiger partial charge in [0.2, 0.25) is 0 Å². The van der Waals surface area contributed by atoms with E-state index in [0.29, 0.717) is 11.2 Å². The Morgan fingerprint density at radius 3 is 2.81 bits per heavy atom. The highest BCUT2D eigenvalue weighted by Crippen LogP contribution is 2.24. The molecular formula is C19H31BrIN3O2S. The summed E-state index contributed by atoms with van der Waals surface area (Å²) in [6, 6.07) is 8.42. The molecule has 1 aromatic rings. The van der Waals surface area contributed by atoms with Gasteiger partial charge >= 0.3 is 0 Å². The van der Waals surface area contributed by atoms with Crippen molar-refractivity contribution in [3.8, 4) is 0 Å². The number of benzene rings is 1. The molecule has 1 heterocycles. The van der Waals surface area contributed by atoms with E-state index in [0.717, 1.165) is 62.8 Å². The third-order valence-corrected chi connectivity index (χ3v) is 5.71. The van der Waals surface area contributed by atoms with Gasteiger partial charge in [0.15, 0.2) is 5.96 Å². The van der Waals surface area contributed by atoms with Gasteiger partial charge in [-0.1, -0.05) is 22.9 Å². The van der Waals surface area contributed by atoms with E-state index in [1.807, 2.05) is 11.8 Å². The van der Waals surface area contributed by atoms with Gasteiger partial charge in [-0.15, -0.1) is 35.7 Å². The molecule has 1 saturated heterocycles. The Kier molecular flexibility index (Phi) is 13.8. The first-order valence-electron chi connectivity index (χ1n) is 9.19. The average molecular weight is 572 g/mol. The van der Waals surface area contributed by atoms with Crippen molar-refractivity contribution in [1.29, 1.82) is 0 Å². The maximum atomic E-state index is 5.72. The van der Waals surface area contributed by atoms with Crippen molar-refractivity contribution in [1.82, 2.24) is 10.6 Å². The Labute approximate surface area is 193 Å². The summed E-state index contributed by atoms with van der Waals surface area (Å²) >= 11 is 5.32. The van der Waals surface area contributed by atoms with Crippen LogP contribution in [0.4, 0.5) is 0 Å². The number of guanidine groups is 1. The molecule has 5 nitrogen and oxygen atoms in total. The number of nitrogens with zero attached hydrogens (tertiary/aromatic N) is 1. The van der Waals surface area contributed by atoms with Crippen molar-refractivity contribution in [2.24, 2.45) is 10.9 Å². The fraction of sp³-hybridized carbons (Fsp3) is 0.632. The first-order valence-corrected chi connectivity index (χ1v) is 10.9. The minimum atomic E-state index is 0. The molecule has 0 aliphatic carbocycles. The number of ether oxygens (including phenoxy) is 2. The SMILES string of the molecule is CN=C(NCCCOCC1CCOC1)NCC(C)Sc1ccc(Br)cc1.I. The fourth-order valence-corrected chi connectivity index (χ4v) is 3.78. The van der Waals surface area contributed by atoms with Crippen LogP contribution in [0.3, 0.4) is 0 Å². The van der Waals surface area contributed by atoms with Crippen LogP contribution in [0.5, 0.6) is 0 Å². The lowest BCUT2D eigenvalue weighted by molar-refractivity contribution is 0.0888.